The monoisotopic (exact) mass is 388 g/mol. The molecule has 1 aliphatic rings. The molecule has 5 rings (SSSR count). The van der Waals surface area contributed by atoms with Gasteiger partial charge in [0.25, 0.3) is 0 Å². The molecule has 0 amide bonds. The number of fused-ring (bicyclic) bond motifs is 4. The largest absolute Gasteiger partial charge is 0.497 e. The molecule has 0 fully saturated rings. The zero-order valence-corrected chi connectivity index (χ0v) is 16.6. The molecule has 0 spiro atoms. The summed E-state index contributed by atoms with van der Waals surface area (Å²) >= 11 is 0. The number of hydrogen-bond donors (Lipinski definition) is 2. The topological polar surface area (TPSA) is 59.5 Å². The van der Waals surface area contributed by atoms with Crippen molar-refractivity contribution in [2.24, 2.45) is 7.05 Å². The number of para-hydroxylation sites is 1. The van der Waals surface area contributed by atoms with Gasteiger partial charge in [-0.1, -0.05) is 18.2 Å². The van der Waals surface area contributed by atoms with Crippen LogP contribution in [0.15, 0.2) is 48.5 Å². The second kappa shape index (κ2) is 6.79. The van der Waals surface area contributed by atoms with Crippen LogP contribution in [-0.2, 0) is 33.2 Å². The molecule has 2 N–H and O–H groups in total. The molecule has 0 radical (unpaired) electrons. The molecule has 148 valence electrons. The molecule has 0 saturated heterocycles. The van der Waals surface area contributed by atoms with Crippen molar-refractivity contribution in [3.63, 3.8) is 0 Å². The molecule has 0 bridgehead atoms. The average molecular weight is 388 g/mol. The Morgan fingerprint density at radius 3 is 2.34 bits per heavy atom. The van der Waals surface area contributed by atoms with Crippen molar-refractivity contribution in [3.05, 3.63) is 76.6 Å². The zero-order valence-electron chi connectivity index (χ0n) is 16.6. The number of ether oxygens (including phenoxy) is 1. The molecular formula is C24H24N2O3. The molecule has 1 aliphatic heterocycles. The Morgan fingerprint density at radius 1 is 0.931 bits per heavy atom. The van der Waals surface area contributed by atoms with Crippen molar-refractivity contribution >= 4 is 10.9 Å². The summed E-state index contributed by atoms with van der Waals surface area (Å²) in [5, 5.41) is 21.6. The minimum absolute atomic E-state index is 0.0819. The third-order valence-electron chi connectivity index (χ3n) is 6.27. The van der Waals surface area contributed by atoms with Crippen LogP contribution in [0, 0.1) is 0 Å². The summed E-state index contributed by atoms with van der Waals surface area (Å²) in [5.41, 5.74) is 8.55. The van der Waals surface area contributed by atoms with Crippen LogP contribution in [0.1, 0.15) is 28.1 Å². The van der Waals surface area contributed by atoms with E-state index < -0.39 is 0 Å². The van der Waals surface area contributed by atoms with Crippen molar-refractivity contribution in [2.45, 2.75) is 26.2 Å². The summed E-state index contributed by atoms with van der Waals surface area (Å²) < 4.78 is 9.83. The number of aryl methyl sites for hydroxylation is 1. The second-order valence-corrected chi connectivity index (χ2v) is 7.56. The normalized spacial score (nSPS) is 12.8. The van der Waals surface area contributed by atoms with Crippen LogP contribution in [0.3, 0.4) is 0 Å². The number of hydrogen-bond acceptors (Lipinski definition) is 3. The molecule has 0 atom stereocenters. The molecule has 5 heteroatoms. The predicted octanol–water partition coefficient (Wildman–Crippen LogP) is 3.59. The van der Waals surface area contributed by atoms with Crippen molar-refractivity contribution in [2.75, 3.05) is 7.11 Å². The van der Waals surface area contributed by atoms with Gasteiger partial charge in [-0.3, -0.25) is 0 Å². The lowest BCUT2D eigenvalue weighted by molar-refractivity contribution is 0.260. The Kier molecular flexibility index (Phi) is 4.23. The van der Waals surface area contributed by atoms with Crippen LogP contribution in [0.2, 0.25) is 0 Å². The highest BCUT2D eigenvalue weighted by atomic mass is 16.5. The fourth-order valence-electron chi connectivity index (χ4n) is 4.83. The van der Waals surface area contributed by atoms with Crippen LogP contribution in [0.5, 0.6) is 5.75 Å². The molecule has 5 nitrogen and oxygen atoms in total. The molecular weight excluding hydrogens is 364 g/mol. The van der Waals surface area contributed by atoms with Gasteiger partial charge in [-0.2, -0.15) is 0 Å². The molecule has 0 aliphatic carbocycles. The van der Waals surface area contributed by atoms with E-state index in [9.17, 15) is 10.2 Å². The fourth-order valence-corrected chi connectivity index (χ4v) is 4.83. The summed E-state index contributed by atoms with van der Waals surface area (Å²) in [6.07, 6.45) is 0.746. The molecule has 0 unspecified atom stereocenters. The van der Waals surface area contributed by atoms with Gasteiger partial charge in [0.15, 0.2) is 0 Å². The van der Waals surface area contributed by atoms with Gasteiger partial charge in [0, 0.05) is 46.9 Å². The highest BCUT2D eigenvalue weighted by molar-refractivity contribution is 5.86. The van der Waals surface area contributed by atoms with E-state index in [1.165, 1.54) is 22.2 Å². The smallest absolute Gasteiger partial charge is 0.118 e. The van der Waals surface area contributed by atoms with E-state index >= 15 is 0 Å². The lowest BCUT2D eigenvalue weighted by Gasteiger charge is -2.21. The van der Waals surface area contributed by atoms with Gasteiger partial charge in [0.05, 0.1) is 32.6 Å². The summed E-state index contributed by atoms with van der Waals surface area (Å²) in [6.45, 7) is 0.528. The van der Waals surface area contributed by atoms with Crippen LogP contribution < -0.4 is 4.74 Å². The van der Waals surface area contributed by atoms with Gasteiger partial charge in [0.2, 0.25) is 0 Å². The third kappa shape index (κ3) is 2.55. The maximum atomic E-state index is 10.2. The Balaban J connectivity index is 1.74. The molecule has 29 heavy (non-hydrogen) atoms. The molecule has 2 aromatic carbocycles. The van der Waals surface area contributed by atoms with Crippen LogP contribution >= 0.6 is 0 Å². The maximum absolute atomic E-state index is 10.2. The average Bonchev–Trinajstić information content (AvgIpc) is 3.24. The highest BCUT2D eigenvalue weighted by Gasteiger charge is 2.29. The first kappa shape index (κ1) is 18.0. The lowest BCUT2D eigenvalue weighted by atomic mass is 9.99. The van der Waals surface area contributed by atoms with Crippen molar-refractivity contribution in [3.8, 4) is 17.0 Å². The van der Waals surface area contributed by atoms with Gasteiger partial charge in [-0.25, -0.2) is 0 Å². The van der Waals surface area contributed by atoms with E-state index in [1.54, 1.807) is 7.11 Å². The second-order valence-electron chi connectivity index (χ2n) is 7.56. The Labute approximate surface area is 169 Å². The SMILES string of the molecule is COc1ccc(-c2c(CO)c(CO)c3n2Cc2c(c4ccccc4n2C)C3)cc1. The van der Waals surface area contributed by atoms with Crippen molar-refractivity contribution in [1.82, 2.24) is 9.13 Å². The van der Waals surface area contributed by atoms with Gasteiger partial charge in [-0.15, -0.1) is 0 Å². The Hall–Kier alpha value is -3.02. The highest BCUT2D eigenvalue weighted by Crippen LogP contribution is 2.40. The molecule has 0 saturated carbocycles. The zero-order chi connectivity index (χ0) is 20.1. The van der Waals surface area contributed by atoms with Crippen LogP contribution in [0.25, 0.3) is 22.2 Å². The number of aromatic nitrogens is 2. The van der Waals surface area contributed by atoms with E-state index in [2.05, 4.69) is 40.4 Å². The van der Waals surface area contributed by atoms with E-state index in [0.717, 1.165) is 40.2 Å². The van der Waals surface area contributed by atoms with Crippen LogP contribution in [0.4, 0.5) is 0 Å². The Bertz CT molecular complexity index is 1220. The number of methoxy groups -OCH3 is 1. The standard InChI is InChI=1S/C24H24N2O3/c1-25-21-6-4-3-5-17(21)18-11-22-19(13-27)20(14-28)24(26(22)12-23(18)25)15-7-9-16(29-2)10-8-15/h3-10,27-28H,11-14H2,1-2H3. The third-order valence-corrected chi connectivity index (χ3v) is 6.27. The number of rotatable bonds is 4. The van der Waals surface area contributed by atoms with Gasteiger partial charge in [-0.05, 0) is 41.5 Å². The molecule has 2 aromatic heterocycles. The van der Waals surface area contributed by atoms with E-state index in [-0.39, 0.29) is 13.2 Å². The van der Waals surface area contributed by atoms with Gasteiger partial charge >= 0.3 is 0 Å². The summed E-state index contributed by atoms with van der Waals surface area (Å²) in [6, 6.07) is 16.4. The van der Waals surface area contributed by atoms with Gasteiger partial charge < -0.3 is 24.1 Å². The summed E-state index contributed by atoms with van der Waals surface area (Å²) in [5.74, 6) is 0.795. The molecule has 3 heterocycles. The van der Waals surface area contributed by atoms with E-state index in [4.69, 9.17) is 4.74 Å². The first-order valence-electron chi connectivity index (χ1n) is 9.82. The molecule has 4 aromatic rings. The predicted molar refractivity (Wildman–Crippen MR) is 113 cm³/mol. The first-order valence-corrected chi connectivity index (χ1v) is 9.82. The van der Waals surface area contributed by atoms with E-state index in [1.807, 2.05) is 24.3 Å². The lowest BCUT2D eigenvalue weighted by Crippen LogP contribution is -2.17. The number of nitrogens with zero attached hydrogens (tertiary/aromatic N) is 2. The number of aliphatic hydroxyl groups excluding tert-OH is 2. The summed E-state index contributed by atoms with van der Waals surface area (Å²) in [4.78, 5) is 0. The van der Waals surface area contributed by atoms with Crippen molar-refractivity contribution < 1.29 is 14.9 Å². The van der Waals surface area contributed by atoms with Crippen molar-refractivity contribution in [1.29, 1.82) is 0 Å². The summed E-state index contributed by atoms with van der Waals surface area (Å²) in [7, 11) is 3.77. The number of benzene rings is 2. The fraction of sp³-hybridized carbons (Fsp3) is 0.250. The van der Waals surface area contributed by atoms with Gasteiger partial charge in [0.1, 0.15) is 5.75 Å². The van der Waals surface area contributed by atoms with E-state index in [0.29, 0.717) is 6.54 Å². The first-order chi connectivity index (χ1) is 14.2. The minimum Gasteiger partial charge on any atom is -0.497 e. The number of aliphatic hydroxyl groups is 2. The maximum Gasteiger partial charge on any atom is 0.118 e. The quantitative estimate of drug-likeness (QED) is 0.495. The minimum atomic E-state index is -0.103. The van der Waals surface area contributed by atoms with Crippen LogP contribution in [-0.4, -0.2) is 26.5 Å². The Morgan fingerprint density at radius 2 is 1.66 bits per heavy atom.